The van der Waals surface area contributed by atoms with Crippen LogP contribution in [0.3, 0.4) is 0 Å². The van der Waals surface area contributed by atoms with Crippen LogP contribution in [-0.4, -0.2) is 45.6 Å². The van der Waals surface area contributed by atoms with Crippen LogP contribution >= 0.6 is 11.5 Å². The Balaban J connectivity index is 1.57. The first kappa shape index (κ1) is 12.3. The van der Waals surface area contributed by atoms with Gasteiger partial charge in [0.05, 0.1) is 0 Å². The average molecular weight is 276 g/mol. The van der Waals surface area contributed by atoms with Crippen LogP contribution in [0.4, 0.5) is 10.8 Å². The molecule has 0 spiro atoms. The van der Waals surface area contributed by atoms with E-state index in [0.29, 0.717) is 0 Å². The number of nitrogen functional groups attached to an aromatic ring is 1. The number of anilines is 2. The quantitative estimate of drug-likeness (QED) is 0.895. The van der Waals surface area contributed by atoms with E-state index in [-0.39, 0.29) is 0 Å². The third kappa shape index (κ3) is 2.82. The Morgan fingerprint density at radius 3 is 2.68 bits per heavy atom. The number of piperazine rings is 1. The summed E-state index contributed by atoms with van der Waals surface area (Å²) in [7, 11) is 0. The molecule has 1 saturated heterocycles. The van der Waals surface area contributed by atoms with Crippen molar-refractivity contribution in [1.82, 2.24) is 19.5 Å². The Morgan fingerprint density at radius 1 is 1.21 bits per heavy atom. The molecule has 0 aromatic carbocycles. The van der Waals surface area contributed by atoms with Gasteiger partial charge in [0.15, 0.2) is 0 Å². The van der Waals surface area contributed by atoms with E-state index in [4.69, 9.17) is 5.73 Å². The Morgan fingerprint density at radius 2 is 2.05 bits per heavy atom. The Hall–Kier alpha value is -1.73. The number of aromatic nitrogens is 3. The van der Waals surface area contributed by atoms with Gasteiger partial charge in [0.25, 0.3) is 0 Å². The molecule has 0 unspecified atom stereocenters. The van der Waals surface area contributed by atoms with Crippen molar-refractivity contribution in [3.63, 3.8) is 0 Å². The molecule has 19 heavy (non-hydrogen) atoms. The van der Waals surface area contributed by atoms with Gasteiger partial charge in [-0.05, 0) is 12.1 Å². The van der Waals surface area contributed by atoms with Crippen molar-refractivity contribution in [2.24, 2.45) is 0 Å². The van der Waals surface area contributed by atoms with Gasteiger partial charge >= 0.3 is 0 Å². The summed E-state index contributed by atoms with van der Waals surface area (Å²) in [6.45, 7) is 4.74. The van der Waals surface area contributed by atoms with Gasteiger partial charge in [0.2, 0.25) is 0 Å². The van der Waals surface area contributed by atoms with Crippen LogP contribution in [0.25, 0.3) is 0 Å². The van der Waals surface area contributed by atoms with E-state index in [0.717, 1.165) is 49.2 Å². The van der Waals surface area contributed by atoms with E-state index in [9.17, 15) is 0 Å². The van der Waals surface area contributed by atoms with Crippen molar-refractivity contribution in [2.75, 3.05) is 36.8 Å². The number of pyridine rings is 1. The molecule has 1 aliphatic heterocycles. The number of hydrogen-bond donors (Lipinski definition) is 1. The molecular formula is C12H16N6S. The van der Waals surface area contributed by atoms with Crippen LogP contribution < -0.4 is 10.6 Å². The van der Waals surface area contributed by atoms with E-state index < -0.39 is 0 Å². The number of nitrogens with two attached hydrogens (primary N) is 1. The highest BCUT2D eigenvalue weighted by atomic mass is 32.1. The van der Waals surface area contributed by atoms with Gasteiger partial charge in [-0.2, -0.15) is 0 Å². The molecule has 2 aromatic heterocycles. The third-order valence-electron chi connectivity index (χ3n) is 3.30. The second-order valence-electron chi connectivity index (χ2n) is 4.54. The van der Waals surface area contributed by atoms with Crippen molar-refractivity contribution in [3.05, 3.63) is 30.1 Å². The number of nitrogens with zero attached hydrogens (tertiary/aromatic N) is 5. The second-order valence-corrected chi connectivity index (χ2v) is 5.32. The minimum atomic E-state index is 0.729. The molecule has 1 aliphatic rings. The van der Waals surface area contributed by atoms with Gasteiger partial charge < -0.3 is 10.6 Å². The second kappa shape index (κ2) is 5.50. The molecule has 1 fully saturated rings. The zero-order valence-electron chi connectivity index (χ0n) is 10.6. The van der Waals surface area contributed by atoms with E-state index in [1.807, 2.05) is 18.3 Å². The first-order chi connectivity index (χ1) is 9.33. The molecule has 7 heteroatoms. The summed E-state index contributed by atoms with van der Waals surface area (Å²) in [4.78, 5) is 9.04. The molecular weight excluding hydrogens is 260 g/mol. The molecule has 0 bridgehead atoms. The first-order valence-corrected chi connectivity index (χ1v) is 7.05. The Bertz CT molecular complexity index is 520. The predicted octanol–water partition coefficient (Wildman–Crippen LogP) is 0.837. The summed E-state index contributed by atoms with van der Waals surface area (Å²) in [5, 5.41) is 4.79. The molecule has 2 N–H and O–H groups in total. The lowest BCUT2D eigenvalue weighted by molar-refractivity contribution is 0.247. The smallest absolute Gasteiger partial charge is 0.132 e. The summed E-state index contributed by atoms with van der Waals surface area (Å²) in [5.74, 6) is 1.05. The van der Waals surface area contributed by atoms with Crippen molar-refractivity contribution < 1.29 is 0 Å². The fourth-order valence-electron chi connectivity index (χ4n) is 2.21. The molecule has 0 atom stereocenters. The first-order valence-electron chi connectivity index (χ1n) is 6.28. The zero-order valence-corrected chi connectivity index (χ0v) is 11.4. The largest absolute Gasteiger partial charge is 0.388 e. The Kier molecular flexibility index (Phi) is 3.56. The highest BCUT2D eigenvalue weighted by Gasteiger charge is 2.19. The molecule has 3 heterocycles. The highest BCUT2D eigenvalue weighted by molar-refractivity contribution is 7.09. The van der Waals surface area contributed by atoms with Crippen LogP contribution in [0.2, 0.25) is 0 Å². The lowest BCUT2D eigenvalue weighted by Crippen LogP contribution is -2.46. The van der Waals surface area contributed by atoms with E-state index in [1.54, 1.807) is 0 Å². The summed E-state index contributed by atoms with van der Waals surface area (Å²) >= 11 is 1.26. The third-order valence-corrected chi connectivity index (χ3v) is 3.90. The van der Waals surface area contributed by atoms with Crippen molar-refractivity contribution in [1.29, 1.82) is 0 Å². The topological polar surface area (TPSA) is 71.2 Å². The summed E-state index contributed by atoms with van der Waals surface area (Å²) < 4.78 is 3.87. The summed E-state index contributed by atoms with van der Waals surface area (Å²) in [6, 6.07) is 6.02. The number of hydrogen-bond acceptors (Lipinski definition) is 7. The minimum Gasteiger partial charge on any atom is -0.388 e. The number of rotatable bonds is 3. The molecule has 0 saturated carbocycles. The lowest BCUT2D eigenvalue weighted by atomic mass is 10.3. The maximum atomic E-state index is 5.82. The predicted molar refractivity (Wildman–Crippen MR) is 76.0 cm³/mol. The van der Waals surface area contributed by atoms with Crippen LogP contribution in [-0.2, 0) is 6.54 Å². The molecule has 0 aliphatic carbocycles. The van der Waals surface area contributed by atoms with Crippen molar-refractivity contribution >= 4 is 22.4 Å². The Labute approximate surface area is 116 Å². The van der Waals surface area contributed by atoms with E-state index >= 15 is 0 Å². The standard InChI is InChI=1S/C12H16N6S/c13-12-10(15-16-19-12)9-17-5-7-18(8-6-17)11-3-1-2-4-14-11/h1-4H,5-9,13H2. The van der Waals surface area contributed by atoms with Gasteiger partial charge in [0, 0.05) is 50.5 Å². The van der Waals surface area contributed by atoms with Gasteiger partial charge in [-0.15, -0.1) is 5.10 Å². The summed E-state index contributed by atoms with van der Waals surface area (Å²) in [5.41, 5.74) is 6.72. The fourth-order valence-corrected chi connectivity index (χ4v) is 2.65. The summed E-state index contributed by atoms with van der Waals surface area (Å²) in [6.07, 6.45) is 1.84. The van der Waals surface area contributed by atoms with Crippen molar-refractivity contribution in [3.8, 4) is 0 Å². The molecule has 2 aromatic rings. The van der Waals surface area contributed by atoms with Crippen LogP contribution in [0.15, 0.2) is 24.4 Å². The maximum Gasteiger partial charge on any atom is 0.132 e. The van der Waals surface area contributed by atoms with Gasteiger partial charge in [-0.1, -0.05) is 10.6 Å². The monoisotopic (exact) mass is 276 g/mol. The van der Waals surface area contributed by atoms with Gasteiger partial charge in [0.1, 0.15) is 16.5 Å². The molecule has 3 rings (SSSR count). The van der Waals surface area contributed by atoms with Gasteiger partial charge in [-0.3, -0.25) is 4.90 Å². The molecule has 0 radical (unpaired) electrons. The lowest BCUT2D eigenvalue weighted by Gasteiger charge is -2.34. The molecule has 100 valence electrons. The highest BCUT2D eigenvalue weighted by Crippen LogP contribution is 2.17. The SMILES string of the molecule is Nc1snnc1CN1CCN(c2ccccn2)CC1. The van der Waals surface area contributed by atoms with E-state index in [1.165, 1.54) is 11.5 Å². The maximum absolute atomic E-state index is 5.82. The molecule has 0 amide bonds. The fraction of sp³-hybridized carbons (Fsp3) is 0.417. The zero-order chi connectivity index (χ0) is 13.1. The van der Waals surface area contributed by atoms with Crippen LogP contribution in [0.5, 0.6) is 0 Å². The van der Waals surface area contributed by atoms with Crippen LogP contribution in [0.1, 0.15) is 5.69 Å². The average Bonchev–Trinajstić information content (AvgIpc) is 2.86. The van der Waals surface area contributed by atoms with E-state index in [2.05, 4.69) is 30.4 Å². The van der Waals surface area contributed by atoms with Crippen molar-refractivity contribution in [2.45, 2.75) is 6.54 Å². The normalized spacial score (nSPS) is 16.7. The minimum absolute atomic E-state index is 0.729. The van der Waals surface area contributed by atoms with Gasteiger partial charge in [-0.25, -0.2) is 4.98 Å². The van der Waals surface area contributed by atoms with Crippen LogP contribution in [0, 0.1) is 0 Å². The molecule has 6 nitrogen and oxygen atoms in total.